The molecule has 0 aliphatic heterocycles. The molecule has 0 saturated carbocycles. The number of nitrogens with two attached hydrogens (primary N) is 1. The highest BCUT2D eigenvalue weighted by Crippen LogP contribution is 2.20. The van der Waals surface area contributed by atoms with Gasteiger partial charge in [-0.2, -0.15) is 0 Å². The summed E-state index contributed by atoms with van der Waals surface area (Å²) >= 11 is 0. The van der Waals surface area contributed by atoms with Crippen molar-refractivity contribution in [3.05, 3.63) is 29.3 Å². The maximum atomic E-state index is 13.5. The molecular weight excluding hydrogens is 292 g/mol. The van der Waals surface area contributed by atoms with Crippen LogP contribution in [0.3, 0.4) is 0 Å². The molecule has 1 aromatic rings. The second kappa shape index (κ2) is 5.84. The highest BCUT2D eigenvalue weighted by atomic mass is 32.2. The van der Waals surface area contributed by atoms with Crippen LogP contribution in [0.2, 0.25) is 0 Å². The molecule has 1 atom stereocenters. The molecular formula is C12H15F2NO4S. The summed E-state index contributed by atoms with van der Waals surface area (Å²) in [7, 11) is -4.40. The Hall–Kier alpha value is -1.54. The molecule has 0 aromatic heterocycles. The lowest BCUT2D eigenvalue weighted by molar-refractivity contribution is 0.0232. The highest BCUT2D eigenvalue weighted by Gasteiger charge is 2.24. The molecule has 1 rings (SSSR count). The first kappa shape index (κ1) is 16.5. The molecule has 0 saturated heterocycles. The minimum Gasteiger partial charge on any atom is -0.459 e. The van der Waals surface area contributed by atoms with Crippen molar-refractivity contribution >= 4 is 16.0 Å². The predicted octanol–water partition coefficient (Wildman–Crippen LogP) is 1.81. The van der Waals surface area contributed by atoms with E-state index >= 15 is 0 Å². The molecule has 0 heterocycles. The van der Waals surface area contributed by atoms with Crippen LogP contribution in [-0.2, 0) is 14.8 Å². The number of benzene rings is 1. The van der Waals surface area contributed by atoms with Crippen molar-refractivity contribution in [1.29, 1.82) is 0 Å². The van der Waals surface area contributed by atoms with E-state index < -0.39 is 44.2 Å². The molecule has 0 radical (unpaired) electrons. The second-order valence-electron chi connectivity index (χ2n) is 4.66. The Labute approximate surface area is 115 Å². The molecule has 2 N–H and O–H groups in total. The van der Waals surface area contributed by atoms with E-state index in [1.54, 1.807) is 20.8 Å². The van der Waals surface area contributed by atoms with Crippen LogP contribution in [0.1, 0.15) is 31.1 Å². The number of carbonyl (C=O) groups excluding carboxylic acids is 1. The number of halogens is 2. The van der Waals surface area contributed by atoms with Crippen LogP contribution in [0.25, 0.3) is 0 Å². The molecule has 0 bridgehead atoms. The van der Waals surface area contributed by atoms with E-state index in [4.69, 9.17) is 9.88 Å². The van der Waals surface area contributed by atoms with Gasteiger partial charge in [0.1, 0.15) is 22.6 Å². The van der Waals surface area contributed by atoms with Crippen molar-refractivity contribution < 1.29 is 26.7 Å². The fourth-order valence-electron chi connectivity index (χ4n) is 1.27. The smallest absolute Gasteiger partial charge is 0.341 e. The maximum absolute atomic E-state index is 13.5. The summed E-state index contributed by atoms with van der Waals surface area (Å²) in [5.41, 5.74) is -0.678. The van der Waals surface area contributed by atoms with Gasteiger partial charge in [0.25, 0.3) is 0 Å². The van der Waals surface area contributed by atoms with E-state index in [0.717, 1.165) is 0 Å². The van der Waals surface area contributed by atoms with Crippen LogP contribution in [0.4, 0.5) is 8.78 Å². The van der Waals surface area contributed by atoms with Crippen molar-refractivity contribution in [1.82, 2.24) is 0 Å². The highest BCUT2D eigenvalue weighted by molar-refractivity contribution is 7.89. The standard InChI is InChI=1S/C12H15F2NO4S/c1-6(2)7(3)19-12(16)8-4-11(20(15,17)18)10(14)5-9(8)13/h4-7H,1-3H3,(H2,15,17,18). The average Bonchev–Trinajstić information content (AvgIpc) is 2.26. The number of esters is 1. The van der Waals surface area contributed by atoms with E-state index in [1.807, 2.05) is 0 Å². The lowest BCUT2D eigenvalue weighted by atomic mass is 10.1. The van der Waals surface area contributed by atoms with E-state index in [0.29, 0.717) is 6.07 Å². The summed E-state index contributed by atoms with van der Waals surface area (Å²) < 4.78 is 54.1. The Morgan fingerprint density at radius 1 is 1.20 bits per heavy atom. The van der Waals surface area contributed by atoms with Crippen LogP contribution >= 0.6 is 0 Å². The summed E-state index contributed by atoms with van der Waals surface area (Å²) in [5.74, 6) is -3.66. The molecule has 0 aliphatic rings. The van der Waals surface area contributed by atoms with Crippen molar-refractivity contribution in [3.63, 3.8) is 0 Å². The number of sulfonamides is 1. The predicted molar refractivity (Wildman–Crippen MR) is 67.4 cm³/mol. The van der Waals surface area contributed by atoms with Crippen LogP contribution in [0.15, 0.2) is 17.0 Å². The summed E-state index contributed by atoms with van der Waals surface area (Å²) in [6.45, 7) is 5.17. The van der Waals surface area contributed by atoms with Gasteiger partial charge in [-0.3, -0.25) is 0 Å². The second-order valence-corrected chi connectivity index (χ2v) is 6.19. The largest absolute Gasteiger partial charge is 0.459 e. The fraction of sp³-hybridized carbons (Fsp3) is 0.417. The van der Waals surface area contributed by atoms with Crippen LogP contribution < -0.4 is 5.14 Å². The first-order chi connectivity index (χ1) is 9.04. The molecule has 0 aliphatic carbocycles. The molecule has 1 aromatic carbocycles. The van der Waals surface area contributed by atoms with Gasteiger partial charge >= 0.3 is 5.97 Å². The van der Waals surface area contributed by atoms with Crippen molar-refractivity contribution in [2.24, 2.45) is 11.1 Å². The molecule has 0 amide bonds. The Bertz CT molecular complexity index is 629. The molecule has 1 unspecified atom stereocenters. The van der Waals surface area contributed by atoms with Gasteiger partial charge in [0.2, 0.25) is 10.0 Å². The van der Waals surface area contributed by atoms with Gasteiger partial charge in [-0.25, -0.2) is 27.1 Å². The summed E-state index contributed by atoms with van der Waals surface area (Å²) in [5, 5.41) is 4.78. The van der Waals surface area contributed by atoms with Gasteiger partial charge < -0.3 is 4.74 Å². The molecule has 8 heteroatoms. The first-order valence-electron chi connectivity index (χ1n) is 5.77. The topological polar surface area (TPSA) is 86.5 Å². The normalized spacial score (nSPS) is 13.3. The number of rotatable bonds is 4. The zero-order valence-corrected chi connectivity index (χ0v) is 12.0. The minimum absolute atomic E-state index is 0.0137. The summed E-state index contributed by atoms with van der Waals surface area (Å²) in [4.78, 5) is 10.8. The third-order valence-corrected chi connectivity index (χ3v) is 3.71. The summed E-state index contributed by atoms with van der Waals surface area (Å²) in [6, 6.07) is 0.825. The van der Waals surface area contributed by atoms with E-state index in [2.05, 4.69) is 0 Å². The van der Waals surface area contributed by atoms with E-state index in [1.165, 1.54) is 0 Å². The zero-order valence-electron chi connectivity index (χ0n) is 11.2. The maximum Gasteiger partial charge on any atom is 0.341 e. The lowest BCUT2D eigenvalue weighted by Crippen LogP contribution is -2.22. The Kier molecular flexibility index (Phi) is 4.82. The molecule has 20 heavy (non-hydrogen) atoms. The molecule has 0 spiro atoms. The zero-order chi connectivity index (χ0) is 15.7. The van der Waals surface area contributed by atoms with Gasteiger partial charge in [-0.15, -0.1) is 0 Å². The van der Waals surface area contributed by atoms with Crippen molar-refractivity contribution in [3.8, 4) is 0 Å². The molecule has 112 valence electrons. The van der Waals surface area contributed by atoms with Gasteiger partial charge in [0, 0.05) is 6.07 Å². The number of primary sulfonamides is 1. The van der Waals surface area contributed by atoms with Gasteiger partial charge in [0.15, 0.2) is 0 Å². The quantitative estimate of drug-likeness (QED) is 0.860. The lowest BCUT2D eigenvalue weighted by Gasteiger charge is -2.17. The van der Waals surface area contributed by atoms with Gasteiger partial charge in [-0.05, 0) is 18.9 Å². The number of ether oxygens (including phenoxy) is 1. The van der Waals surface area contributed by atoms with Crippen LogP contribution in [-0.4, -0.2) is 20.5 Å². The first-order valence-corrected chi connectivity index (χ1v) is 7.31. The number of carbonyl (C=O) groups is 1. The van der Waals surface area contributed by atoms with Crippen LogP contribution in [0, 0.1) is 17.6 Å². The van der Waals surface area contributed by atoms with Crippen LogP contribution in [0.5, 0.6) is 0 Å². The molecule has 0 fully saturated rings. The number of hydrogen-bond acceptors (Lipinski definition) is 4. The third kappa shape index (κ3) is 3.73. The van der Waals surface area contributed by atoms with Gasteiger partial charge in [0.05, 0.1) is 5.56 Å². The molecule has 5 nitrogen and oxygen atoms in total. The fourth-order valence-corrected chi connectivity index (χ4v) is 1.88. The number of hydrogen-bond donors (Lipinski definition) is 1. The Morgan fingerprint density at radius 2 is 1.75 bits per heavy atom. The SMILES string of the molecule is CC(C)C(C)OC(=O)c1cc(S(N)(=O)=O)c(F)cc1F. The Morgan fingerprint density at radius 3 is 2.20 bits per heavy atom. The van der Waals surface area contributed by atoms with Crippen molar-refractivity contribution in [2.45, 2.75) is 31.8 Å². The average molecular weight is 307 g/mol. The monoisotopic (exact) mass is 307 g/mol. The summed E-state index contributed by atoms with van der Waals surface area (Å²) in [6.07, 6.45) is -0.509. The van der Waals surface area contributed by atoms with E-state index in [-0.39, 0.29) is 12.0 Å². The third-order valence-electron chi connectivity index (χ3n) is 2.78. The Balaban J connectivity index is 3.22. The van der Waals surface area contributed by atoms with Gasteiger partial charge in [-0.1, -0.05) is 13.8 Å². The van der Waals surface area contributed by atoms with E-state index in [9.17, 15) is 22.0 Å². The van der Waals surface area contributed by atoms with Crippen molar-refractivity contribution in [2.75, 3.05) is 0 Å². The minimum atomic E-state index is -4.40.